The van der Waals surface area contributed by atoms with Crippen LogP contribution < -0.4 is 5.32 Å². The Balaban J connectivity index is 1.85. The summed E-state index contributed by atoms with van der Waals surface area (Å²) in [5.74, 6) is 1.37. The molecule has 0 amide bonds. The summed E-state index contributed by atoms with van der Waals surface area (Å²) in [5, 5.41) is 21.9. The van der Waals surface area contributed by atoms with E-state index >= 15 is 0 Å². The van der Waals surface area contributed by atoms with E-state index in [9.17, 15) is 14.4 Å². The van der Waals surface area contributed by atoms with Gasteiger partial charge in [-0.3, -0.25) is 4.21 Å². The first-order valence-electron chi connectivity index (χ1n) is 5.74. The summed E-state index contributed by atoms with van der Waals surface area (Å²) >= 11 is 0. The van der Waals surface area contributed by atoms with Crippen molar-refractivity contribution in [3.8, 4) is 11.5 Å². The molecule has 0 aromatic heterocycles. The maximum Gasteiger partial charge on any atom is 0.157 e. The van der Waals surface area contributed by atoms with E-state index < -0.39 is 10.8 Å². The quantitative estimate of drug-likeness (QED) is 0.707. The lowest BCUT2D eigenvalue weighted by Gasteiger charge is -2.22. The molecule has 1 aromatic carbocycles. The lowest BCUT2D eigenvalue weighted by Crippen LogP contribution is -2.35. The van der Waals surface area contributed by atoms with Gasteiger partial charge >= 0.3 is 0 Å². The Bertz CT molecular complexity index is 412. The van der Waals surface area contributed by atoms with Crippen molar-refractivity contribution in [2.24, 2.45) is 0 Å². The van der Waals surface area contributed by atoms with Crippen molar-refractivity contribution >= 4 is 10.8 Å². The van der Waals surface area contributed by atoms with Gasteiger partial charge in [-0.2, -0.15) is 0 Å². The average Bonchev–Trinajstić information content (AvgIpc) is 2.33. The first-order valence-corrected chi connectivity index (χ1v) is 7.23. The third-order valence-corrected chi connectivity index (χ3v) is 4.40. The van der Waals surface area contributed by atoms with Crippen LogP contribution in [0.5, 0.6) is 11.5 Å². The van der Waals surface area contributed by atoms with Crippen LogP contribution in [0.15, 0.2) is 18.2 Å². The highest BCUT2D eigenvalue weighted by Crippen LogP contribution is 2.24. The van der Waals surface area contributed by atoms with Crippen molar-refractivity contribution in [3.63, 3.8) is 0 Å². The van der Waals surface area contributed by atoms with Gasteiger partial charge in [0, 0.05) is 34.9 Å². The van der Waals surface area contributed by atoms with Gasteiger partial charge in [0.2, 0.25) is 0 Å². The maximum atomic E-state index is 11.2. The van der Waals surface area contributed by atoms with E-state index in [4.69, 9.17) is 0 Å². The van der Waals surface area contributed by atoms with Crippen LogP contribution in [0.25, 0.3) is 0 Å². The van der Waals surface area contributed by atoms with Crippen molar-refractivity contribution in [2.45, 2.75) is 25.4 Å². The van der Waals surface area contributed by atoms with Crippen LogP contribution >= 0.6 is 0 Å². The Morgan fingerprint density at radius 3 is 2.59 bits per heavy atom. The summed E-state index contributed by atoms with van der Waals surface area (Å²) in [5.41, 5.74) is 0.937. The molecule has 0 bridgehead atoms. The molecule has 0 unspecified atom stereocenters. The van der Waals surface area contributed by atoms with Crippen LogP contribution in [-0.2, 0) is 17.3 Å². The fourth-order valence-electron chi connectivity index (χ4n) is 1.94. The zero-order valence-corrected chi connectivity index (χ0v) is 10.4. The molecule has 0 radical (unpaired) electrons. The number of nitrogens with one attached hydrogen (secondary N) is 1. The van der Waals surface area contributed by atoms with E-state index in [0.29, 0.717) is 12.6 Å². The number of rotatable bonds is 3. The zero-order valence-electron chi connectivity index (χ0n) is 9.56. The van der Waals surface area contributed by atoms with Crippen molar-refractivity contribution in [1.82, 2.24) is 5.32 Å². The van der Waals surface area contributed by atoms with Gasteiger partial charge < -0.3 is 15.5 Å². The number of phenols is 2. The van der Waals surface area contributed by atoms with Crippen molar-refractivity contribution in [2.75, 3.05) is 11.5 Å². The Kier molecular flexibility index (Phi) is 4.02. The fraction of sp³-hybridized carbons (Fsp3) is 0.500. The molecule has 1 aliphatic rings. The third kappa shape index (κ3) is 3.44. The molecule has 1 fully saturated rings. The molecule has 0 saturated carbocycles. The van der Waals surface area contributed by atoms with E-state index in [-0.39, 0.29) is 11.5 Å². The van der Waals surface area contributed by atoms with Crippen LogP contribution in [0.2, 0.25) is 0 Å². The van der Waals surface area contributed by atoms with E-state index in [1.54, 1.807) is 12.1 Å². The molecule has 1 heterocycles. The molecule has 0 aliphatic carbocycles. The molecule has 2 rings (SSSR count). The average molecular weight is 255 g/mol. The summed E-state index contributed by atoms with van der Waals surface area (Å²) in [6.45, 7) is 0.658. The molecule has 4 nitrogen and oxygen atoms in total. The summed E-state index contributed by atoms with van der Waals surface area (Å²) in [6, 6.07) is 5.23. The number of hydrogen-bond donors (Lipinski definition) is 3. The lowest BCUT2D eigenvalue weighted by molar-refractivity contribution is 0.402. The molecule has 0 atom stereocenters. The highest BCUT2D eigenvalue weighted by atomic mass is 32.2. The smallest absolute Gasteiger partial charge is 0.157 e. The molecular weight excluding hydrogens is 238 g/mol. The van der Waals surface area contributed by atoms with Gasteiger partial charge in [0.15, 0.2) is 11.5 Å². The second kappa shape index (κ2) is 5.51. The minimum atomic E-state index is -0.629. The first kappa shape index (κ1) is 12.4. The number of aromatic hydroxyl groups is 2. The van der Waals surface area contributed by atoms with Crippen LogP contribution in [0.1, 0.15) is 18.4 Å². The minimum Gasteiger partial charge on any atom is -0.504 e. The van der Waals surface area contributed by atoms with Crippen LogP contribution in [0.4, 0.5) is 0 Å². The molecule has 1 aromatic rings. The second-order valence-electron chi connectivity index (χ2n) is 4.33. The summed E-state index contributed by atoms with van der Waals surface area (Å²) < 4.78 is 11.2. The Hall–Kier alpha value is -1.07. The largest absolute Gasteiger partial charge is 0.504 e. The monoisotopic (exact) mass is 255 g/mol. The maximum absolute atomic E-state index is 11.2. The van der Waals surface area contributed by atoms with Gasteiger partial charge in [-0.1, -0.05) is 6.07 Å². The predicted molar refractivity (Wildman–Crippen MR) is 67.5 cm³/mol. The van der Waals surface area contributed by atoms with Crippen LogP contribution in [-0.4, -0.2) is 32.0 Å². The molecule has 0 spiro atoms. The standard InChI is InChI=1S/C12H17NO3S/c14-11-2-1-9(7-12(11)15)8-13-10-3-5-17(16)6-4-10/h1-2,7,10,13-15H,3-6,8H2. The van der Waals surface area contributed by atoms with Crippen LogP contribution in [0, 0.1) is 0 Å². The molecule has 94 valence electrons. The fourth-order valence-corrected chi connectivity index (χ4v) is 3.24. The SMILES string of the molecule is O=S1CCC(NCc2ccc(O)c(O)c2)CC1. The number of hydrogen-bond acceptors (Lipinski definition) is 4. The molecule has 1 aliphatic heterocycles. The molecule has 3 N–H and O–H groups in total. The molecule has 1 saturated heterocycles. The molecular formula is C12H17NO3S. The third-order valence-electron chi connectivity index (χ3n) is 3.02. The van der Waals surface area contributed by atoms with Gasteiger partial charge in [-0.25, -0.2) is 0 Å². The van der Waals surface area contributed by atoms with Crippen molar-refractivity contribution in [3.05, 3.63) is 23.8 Å². The van der Waals surface area contributed by atoms with Crippen molar-refractivity contribution in [1.29, 1.82) is 0 Å². The number of phenolic OH excluding ortho intramolecular Hbond substituents is 2. The lowest BCUT2D eigenvalue weighted by atomic mass is 10.1. The predicted octanol–water partition coefficient (Wildman–Crippen LogP) is 1.10. The second-order valence-corrected chi connectivity index (χ2v) is 6.02. The number of benzene rings is 1. The highest BCUT2D eigenvalue weighted by Gasteiger charge is 2.17. The summed E-state index contributed by atoms with van der Waals surface area (Å²) in [6.07, 6.45) is 1.88. The first-order chi connectivity index (χ1) is 8.15. The van der Waals surface area contributed by atoms with Gasteiger partial charge in [0.25, 0.3) is 0 Å². The summed E-state index contributed by atoms with van der Waals surface area (Å²) in [7, 11) is -0.629. The minimum absolute atomic E-state index is 0.0888. The van der Waals surface area contributed by atoms with E-state index in [1.165, 1.54) is 6.07 Å². The highest BCUT2D eigenvalue weighted by molar-refractivity contribution is 7.85. The topological polar surface area (TPSA) is 69.6 Å². The van der Waals surface area contributed by atoms with Gasteiger partial charge in [0.1, 0.15) is 0 Å². The van der Waals surface area contributed by atoms with Gasteiger partial charge in [0.05, 0.1) is 0 Å². The van der Waals surface area contributed by atoms with Crippen molar-refractivity contribution < 1.29 is 14.4 Å². The zero-order chi connectivity index (χ0) is 12.3. The Morgan fingerprint density at radius 2 is 1.94 bits per heavy atom. The van der Waals surface area contributed by atoms with Crippen LogP contribution in [0.3, 0.4) is 0 Å². The van der Waals surface area contributed by atoms with Gasteiger partial charge in [-0.15, -0.1) is 0 Å². The Labute approximate surface area is 103 Å². The normalized spacial score (nSPS) is 24.7. The Morgan fingerprint density at radius 1 is 1.24 bits per heavy atom. The van der Waals surface area contributed by atoms with E-state index in [2.05, 4.69) is 5.32 Å². The van der Waals surface area contributed by atoms with E-state index in [1.807, 2.05) is 0 Å². The molecule has 17 heavy (non-hydrogen) atoms. The van der Waals surface area contributed by atoms with Gasteiger partial charge in [-0.05, 0) is 30.5 Å². The molecule has 5 heteroatoms. The van der Waals surface area contributed by atoms with E-state index in [0.717, 1.165) is 29.9 Å². The summed E-state index contributed by atoms with van der Waals surface area (Å²) in [4.78, 5) is 0.